The Kier molecular flexibility index (Phi) is 7.66. The highest BCUT2D eigenvalue weighted by Crippen LogP contribution is 2.30. The number of sulfone groups is 1. The lowest BCUT2D eigenvalue weighted by Crippen LogP contribution is -2.38. The lowest BCUT2D eigenvalue weighted by molar-refractivity contribution is 0.0956. The smallest absolute Gasteiger partial charge is 0.332 e. The van der Waals surface area contributed by atoms with Crippen molar-refractivity contribution in [3.8, 4) is 11.4 Å². The van der Waals surface area contributed by atoms with Crippen molar-refractivity contribution in [3.63, 3.8) is 0 Å². The molecule has 0 bridgehead atoms. The summed E-state index contributed by atoms with van der Waals surface area (Å²) in [6.45, 7) is 4.51. The molecule has 5 rings (SSSR count). The normalized spacial score (nSPS) is 12.2. The minimum atomic E-state index is -3.25. The molecule has 12 nitrogen and oxygen atoms in total. The van der Waals surface area contributed by atoms with Gasteiger partial charge in [-0.05, 0) is 35.7 Å². The summed E-state index contributed by atoms with van der Waals surface area (Å²) in [5.41, 5.74) is 2.29. The average Bonchev–Trinajstić information content (AvgIpc) is 3.59. The Morgan fingerprint density at radius 1 is 1.17 bits per heavy atom. The largest absolute Gasteiger partial charge is 0.361 e. The number of nitrogens with one attached hydrogen (secondary N) is 2. The Morgan fingerprint density at radius 2 is 1.90 bits per heavy atom. The number of H-pyrrole nitrogens is 1. The summed E-state index contributed by atoms with van der Waals surface area (Å²) >= 11 is 6.29. The van der Waals surface area contributed by atoms with Crippen LogP contribution in [0.3, 0.4) is 0 Å². The molecule has 0 aliphatic carbocycles. The van der Waals surface area contributed by atoms with E-state index in [1.165, 1.54) is 11.6 Å². The summed E-state index contributed by atoms with van der Waals surface area (Å²) in [6, 6.07) is 7.15. The van der Waals surface area contributed by atoms with Crippen LogP contribution in [0.1, 0.15) is 29.8 Å². The molecule has 0 atom stereocenters. The first-order valence-electron chi connectivity index (χ1n) is 13.3. The number of aromatic nitrogens is 6. The van der Waals surface area contributed by atoms with Crippen LogP contribution >= 0.6 is 11.6 Å². The predicted octanol–water partition coefficient (Wildman–Crippen LogP) is 2.52. The van der Waals surface area contributed by atoms with E-state index in [1.54, 1.807) is 34.6 Å². The van der Waals surface area contributed by atoms with Crippen LogP contribution in [0.2, 0.25) is 5.02 Å². The Balaban J connectivity index is 1.71. The van der Waals surface area contributed by atoms with Gasteiger partial charge in [-0.25, -0.2) is 13.2 Å². The van der Waals surface area contributed by atoms with Crippen LogP contribution in [0.15, 0.2) is 46.2 Å². The molecular weight excluding hydrogens is 582 g/mol. The molecule has 222 valence electrons. The number of benzene rings is 1. The number of aryl methyl sites for hydroxylation is 1. The molecule has 4 heterocycles. The highest BCUT2D eigenvalue weighted by Gasteiger charge is 2.26. The molecule has 0 saturated carbocycles. The molecule has 42 heavy (non-hydrogen) atoms. The van der Waals surface area contributed by atoms with Crippen molar-refractivity contribution >= 4 is 49.3 Å². The van der Waals surface area contributed by atoms with Gasteiger partial charge in [0.15, 0.2) is 5.65 Å². The lowest BCUT2D eigenvalue weighted by atomic mass is 10.1. The van der Waals surface area contributed by atoms with Gasteiger partial charge in [-0.15, -0.1) is 0 Å². The molecule has 4 aromatic heterocycles. The van der Waals surface area contributed by atoms with E-state index < -0.39 is 27.0 Å². The number of amides is 1. The third-order valence-electron chi connectivity index (χ3n) is 7.09. The van der Waals surface area contributed by atoms with Crippen LogP contribution in [0.4, 0.5) is 0 Å². The van der Waals surface area contributed by atoms with Crippen LogP contribution in [0.5, 0.6) is 0 Å². The number of carbonyl (C=O) groups is 1. The van der Waals surface area contributed by atoms with Crippen molar-refractivity contribution in [1.82, 2.24) is 33.8 Å². The third kappa shape index (κ3) is 5.53. The summed E-state index contributed by atoms with van der Waals surface area (Å²) < 4.78 is 29.0. The summed E-state index contributed by atoms with van der Waals surface area (Å²) in [5, 5.41) is 9.16. The molecule has 14 heteroatoms. The van der Waals surface area contributed by atoms with E-state index in [9.17, 15) is 22.8 Å². The maximum atomic E-state index is 13.7. The number of nitrogens with zero attached hydrogens (tertiary/aromatic N) is 5. The fourth-order valence-corrected chi connectivity index (χ4v) is 5.73. The second-order valence-electron chi connectivity index (χ2n) is 11.0. The number of aromatic amines is 1. The van der Waals surface area contributed by atoms with Gasteiger partial charge in [-0.1, -0.05) is 25.4 Å². The topological polar surface area (TPSA) is 146 Å². The Labute approximate surface area is 246 Å². The van der Waals surface area contributed by atoms with Crippen molar-refractivity contribution < 1.29 is 13.2 Å². The number of carbonyl (C=O) groups excluding carboxylic acids is 1. The summed E-state index contributed by atoms with van der Waals surface area (Å²) in [4.78, 5) is 43.0. The molecule has 2 N–H and O–H groups in total. The summed E-state index contributed by atoms with van der Waals surface area (Å²) in [6.07, 6.45) is 4.56. The molecule has 0 radical (unpaired) electrons. The van der Waals surface area contributed by atoms with Crippen LogP contribution in [-0.4, -0.2) is 61.3 Å². The Bertz CT molecular complexity index is 2080. The number of hydrogen-bond acceptors (Lipinski definition) is 6. The quantitative estimate of drug-likeness (QED) is 0.261. The van der Waals surface area contributed by atoms with Gasteiger partial charge in [-0.2, -0.15) is 5.10 Å². The SMILES string of the molecule is CC(C)Cn1c(=O)n(C)c(=O)c2c(-c3cc(C(=O)NCCS(C)(=O)=O)cn3C)n(Cc3c[nH]c4ccc(Cl)cc34)nc21. The zero-order valence-corrected chi connectivity index (χ0v) is 25.5. The maximum absolute atomic E-state index is 13.7. The van der Waals surface area contributed by atoms with E-state index in [-0.39, 0.29) is 41.4 Å². The lowest BCUT2D eigenvalue weighted by Gasteiger charge is -2.11. The average molecular weight is 614 g/mol. The molecule has 0 unspecified atom stereocenters. The van der Waals surface area contributed by atoms with Crippen LogP contribution in [0, 0.1) is 5.92 Å². The van der Waals surface area contributed by atoms with Gasteiger partial charge in [0.05, 0.1) is 23.6 Å². The van der Waals surface area contributed by atoms with E-state index in [0.717, 1.165) is 27.3 Å². The van der Waals surface area contributed by atoms with Crippen molar-refractivity contribution in [3.05, 3.63) is 73.6 Å². The van der Waals surface area contributed by atoms with E-state index in [4.69, 9.17) is 16.7 Å². The Morgan fingerprint density at radius 3 is 2.60 bits per heavy atom. The third-order valence-corrected chi connectivity index (χ3v) is 8.27. The minimum absolute atomic E-state index is 0.0338. The van der Waals surface area contributed by atoms with Crippen LogP contribution < -0.4 is 16.6 Å². The van der Waals surface area contributed by atoms with Gasteiger partial charge in [-0.3, -0.25) is 23.4 Å². The van der Waals surface area contributed by atoms with Gasteiger partial charge in [0.1, 0.15) is 20.9 Å². The zero-order valence-electron chi connectivity index (χ0n) is 23.9. The molecule has 0 aliphatic heterocycles. The maximum Gasteiger partial charge on any atom is 0.332 e. The Hall–Kier alpha value is -4.10. The molecule has 0 spiro atoms. The van der Waals surface area contributed by atoms with Gasteiger partial charge >= 0.3 is 5.69 Å². The summed E-state index contributed by atoms with van der Waals surface area (Å²) in [7, 11) is -0.0645. The highest BCUT2D eigenvalue weighted by atomic mass is 35.5. The van der Waals surface area contributed by atoms with E-state index in [2.05, 4.69) is 10.3 Å². The highest BCUT2D eigenvalue weighted by molar-refractivity contribution is 7.90. The van der Waals surface area contributed by atoms with Gasteiger partial charge in [0.2, 0.25) is 0 Å². The van der Waals surface area contributed by atoms with Crippen LogP contribution in [-0.2, 0) is 37.0 Å². The molecule has 0 fully saturated rings. The van der Waals surface area contributed by atoms with Gasteiger partial charge in [0, 0.05) is 61.8 Å². The number of fused-ring (bicyclic) bond motifs is 2. The first-order chi connectivity index (χ1) is 19.7. The fourth-order valence-electron chi connectivity index (χ4n) is 5.08. The second-order valence-corrected chi connectivity index (χ2v) is 13.7. The molecule has 5 aromatic rings. The fraction of sp³-hybridized carbons (Fsp3) is 0.357. The number of hydrogen-bond donors (Lipinski definition) is 2. The standard InChI is InChI=1S/C28H32ClN7O5S/c1-16(2)13-35-25-23(27(38)34(4)28(35)39)24(22-10-17(14-33(22)3)26(37)30-8-9-42(5,40)41)36(32-25)15-18-12-31-21-7-6-19(29)11-20(18)21/h6-7,10-12,14,16,31H,8-9,13,15H2,1-5H3,(H,30,37). The zero-order chi connectivity index (χ0) is 30.5. The van der Waals surface area contributed by atoms with Gasteiger partial charge < -0.3 is 14.9 Å². The summed E-state index contributed by atoms with van der Waals surface area (Å²) in [5.74, 6) is -0.537. The van der Waals surface area contributed by atoms with Crippen molar-refractivity contribution in [1.29, 1.82) is 0 Å². The van der Waals surface area contributed by atoms with Crippen molar-refractivity contribution in [2.24, 2.45) is 20.0 Å². The van der Waals surface area contributed by atoms with Gasteiger partial charge in [0.25, 0.3) is 11.5 Å². The second kappa shape index (κ2) is 11.0. The first kappa shape index (κ1) is 29.4. The monoisotopic (exact) mass is 613 g/mol. The van der Waals surface area contributed by atoms with Crippen LogP contribution in [0.25, 0.3) is 33.3 Å². The molecule has 0 saturated heterocycles. The van der Waals surface area contributed by atoms with E-state index >= 15 is 0 Å². The molecule has 1 aromatic carbocycles. The van der Waals surface area contributed by atoms with Crippen molar-refractivity contribution in [2.45, 2.75) is 26.9 Å². The number of halogens is 1. The molecule has 0 aliphatic rings. The van der Waals surface area contributed by atoms with E-state index in [0.29, 0.717) is 23.0 Å². The minimum Gasteiger partial charge on any atom is -0.361 e. The predicted molar refractivity (Wildman–Crippen MR) is 163 cm³/mol. The first-order valence-corrected chi connectivity index (χ1v) is 15.8. The van der Waals surface area contributed by atoms with E-state index in [1.807, 2.05) is 32.2 Å². The van der Waals surface area contributed by atoms with Crippen molar-refractivity contribution in [2.75, 3.05) is 18.6 Å². The number of rotatable bonds is 9. The molecule has 1 amide bonds. The molecular formula is C28H32ClN7O5S.